The Morgan fingerprint density at radius 2 is 2.18 bits per heavy atom. The first-order valence-electron chi connectivity index (χ1n) is 5.58. The van der Waals surface area contributed by atoms with Gasteiger partial charge in [0.2, 0.25) is 0 Å². The van der Waals surface area contributed by atoms with Gasteiger partial charge in [-0.3, -0.25) is 11.3 Å². The van der Waals surface area contributed by atoms with Gasteiger partial charge in [-0.2, -0.15) is 34.9 Å². The molecule has 0 aromatic carbocycles. The monoisotopic (exact) mass is 352 g/mol. The predicted molar refractivity (Wildman–Crippen MR) is 84.8 cm³/mol. The van der Waals surface area contributed by atoms with Crippen LogP contribution in [-0.4, -0.2) is 21.5 Å². The summed E-state index contributed by atoms with van der Waals surface area (Å²) >= 11 is 9.42. The van der Waals surface area contributed by atoms with E-state index < -0.39 is 0 Å². The lowest BCUT2D eigenvalue weighted by Crippen LogP contribution is -2.40. The summed E-state index contributed by atoms with van der Waals surface area (Å²) in [6.07, 6.45) is 0. The van der Waals surface area contributed by atoms with Crippen LogP contribution in [0.2, 0.25) is 0 Å². The minimum Gasteiger partial charge on any atom is -0.271 e. The van der Waals surface area contributed by atoms with Crippen LogP contribution in [0.15, 0.2) is 15.2 Å². The molecule has 1 saturated heterocycles. The Balaban J connectivity index is 2.12. The molecule has 1 fully saturated rings. The molecule has 2 rings (SSSR count). The Bertz CT molecular complexity index is 371. The van der Waals surface area contributed by atoms with Gasteiger partial charge in [0.25, 0.3) is 0 Å². The van der Waals surface area contributed by atoms with Crippen LogP contribution in [0.5, 0.6) is 0 Å². The molecular weight excluding hydrogens is 336 g/mol. The number of hydrogen-bond donors (Lipinski definition) is 2. The van der Waals surface area contributed by atoms with E-state index >= 15 is 0 Å². The lowest BCUT2D eigenvalue weighted by Gasteiger charge is -2.35. The molecular formula is C11H17BrN2S3. The molecule has 1 aromatic heterocycles. The number of nitrogens with one attached hydrogen (secondary N) is 1. The van der Waals surface area contributed by atoms with Crippen molar-refractivity contribution in [3.63, 3.8) is 0 Å². The maximum Gasteiger partial charge on any atom is 0.0606 e. The Morgan fingerprint density at radius 1 is 1.41 bits per heavy atom. The molecule has 0 amide bonds. The average molecular weight is 353 g/mol. The summed E-state index contributed by atoms with van der Waals surface area (Å²) in [4.78, 5) is 0. The highest BCUT2D eigenvalue weighted by Gasteiger charge is 2.32. The number of hydrogen-bond acceptors (Lipinski definition) is 5. The smallest absolute Gasteiger partial charge is 0.0606 e. The van der Waals surface area contributed by atoms with Crippen molar-refractivity contribution < 1.29 is 0 Å². The van der Waals surface area contributed by atoms with E-state index in [1.165, 1.54) is 10.0 Å². The van der Waals surface area contributed by atoms with Crippen molar-refractivity contribution in [3.05, 3.63) is 20.8 Å². The SMILES string of the molecule is CC1SCC(C(NN)c2cscc2Br)SC1C. The molecule has 1 aliphatic heterocycles. The van der Waals surface area contributed by atoms with Gasteiger partial charge in [-0.25, -0.2) is 0 Å². The van der Waals surface area contributed by atoms with Crippen LogP contribution in [0.4, 0.5) is 0 Å². The van der Waals surface area contributed by atoms with Gasteiger partial charge in [0.1, 0.15) is 0 Å². The van der Waals surface area contributed by atoms with E-state index in [-0.39, 0.29) is 6.04 Å². The van der Waals surface area contributed by atoms with E-state index in [9.17, 15) is 0 Å². The lowest BCUT2D eigenvalue weighted by molar-refractivity contribution is 0.549. The van der Waals surface area contributed by atoms with Crippen molar-refractivity contribution in [2.45, 2.75) is 35.6 Å². The number of hydrazine groups is 1. The highest BCUT2D eigenvalue weighted by Crippen LogP contribution is 2.42. The van der Waals surface area contributed by atoms with Gasteiger partial charge >= 0.3 is 0 Å². The van der Waals surface area contributed by atoms with Gasteiger partial charge in [0, 0.05) is 31.4 Å². The van der Waals surface area contributed by atoms with E-state index in [1.54, 1.807) is 11.3 Å². The van der Waals surface area contributed by atoms with Crippen LogP contribution in [0, 0.1) is 0 Å². The van der Waals surface area contributed by atoms with Gasteiger partial charge in [0.05, 0.1) is 6.04 Å². The molecule has 2 nitrogen and oxygen atoms in total. The molecule has 1 aliphatic rings. The third-order valence-electron chi connectivity index (χ3n) is 3.10. The van der Waals surface area contributed by atoms with Crippen LogP contribution < -0.4 is 11.3 Å². The van der Waals surface area contributed by atoms with Gasteiger partial charge < -0.3 is 0 Å². The molecule has 0 aliphatic carbocycles. The summed E-state index contributed by atoms with van der Waals surface area (Å²) in [7, 11) is 0. The molecule has 17 heavy (non-hydrogen) atoms. The largest absolute Gasteiger partial charge is 0.271 e. The zero-order chi connectivity index (χ0) is 12.4. The quantitative estimate of drug-likeness (QED) is 0.643. The van der Waals surface area contributed by atoms with Gasteiger partial charge in [0.15, 0.2) is 0 Å². The first-order valence-corrected chi connectivity index (χ1v) is 9.31. The molecule has 0 saturated carbocycles. The molecule has 96 valence electrons. The Hall–Kier alpha value is 0.800. The van der Waals surface area contributed by atoms with Crippen molar-refractivity contribution >= 4 is 50.8 Å². The average Bonchev–Trinajstić information content (AvgIpc) is 2.71. The van der Waals surface area contributed by atoms with Crippen LogP contribution in [0.1, 0.15) is 25.5 Å². The fourth-order valence-electron chi connectivity index (χ4n) is 1.89. The molecule has 0 spiro atoms. The second-order valence-electron chi connectivity index (χ2n) is 4.24. The van der Waals surface area contributed by atoms with E-state index in [2.05, 4.69) is 69.5 Å². The first kappa shape index (κ1) is 14.2. The molecule has 2 heterocycles. The van der Waals surface area contributed by atoms with E-state index in [0.717, 1.165) is 11.0 Å². The Morgan fingerprint density at radius 3 is 2.71 bits per heavy atom. The zero-order valence-corrected chi connectivity index (χ0v) is 13.9. The van der Waals surface area contributed by atoms with E-state index in [0.29, 0.717) is 10.5 Å². The van der Waals surface area contributed by atoms with Crippen molar-refractivity contribution in [2.24, 2.45) is 5.84 Å². The van der Waals surface area contributed by atoms with E-state index in [4.69, 9.17) is 5.84 Å². The summed E-state index contributed by atoms with van der Waals surface area (Å²) in [6, 6.07) is 0.239. The minimum atomic E-state index is 0.239. The van der Waals surface area contributed by atoms with Gasteiger partial charge in [-0.15, -0.1) is 0 Å². The zero-order valence-electron chi connectivity index (χ0n) is 9.85. The highest BCUT2D eigenvalue weighted by molar-refractivity contribution is 9.10. The predicted octanol–water partition coefficient (Wildman–Crippen LogP) is 3.64. The second-order valence-corrected chi connectivity index (χ2v) is 8.87. The first-order chi connectivity index (χ1) is 8.13. The number of nitrogens with two attached hydrogens (primary N) is 1. The van der Waals surface area contributed by atoms with Crippen LogP contribution >= 0.6 is 50.8 Å². The van der Waals surface area contributed by atoms with Crippen molar-refractivity contribution in [3.8, 4) is 0 Å². The summed E-state index contributed by atoms with van der Waals surface area (Å²) < 4.78 is 1.17. The van der Waals surface area contributed by atoms with Crippen LogP contribution in [-0.2, 0) is 0 Å². The van der Waals surface area contributed by atoms with E-state index in [1.807, 2.05) is 0 Å². The Kier molecular flexibility index (Phi) is 5.27. The molecule has 6 heteroatoms. The third-order valence-corrected chi connectivity index (χ3v) is 8.35. The third kappa shape index (κ3) is 3.22. The van der Waals surface area contributed by atoms with Gasteiger partial charge in [-0.1, -0.05) is 13.8 Å². The van der Waals surface area contributed by atoms with Crippen molar-refractivity contribution in [1.82, 2.24) is 5.43 Å². The summed E-state index contributed by atoms with van der Waals surface area (Å²) in [6.45, 7) is 4.62. The molecule has 0 radical (unpaired) electrons. The van der Waals surface area contributed by atoms with Crippen LogP contribution in [0.3, 0.4) is 0 Å². The van der Waals surface area contributed by atoms with Gasteiger partial charge in [-0.05, 0) is 26.9 Å². The summed E-state index contributed by atoms with van der Waals surface area (Å²) in [5, 5.41) is 6.27. The lowest BCUT2D eigenvalue weighted by atomic mass is 10.1. The maximum atomic E-state index is 5.76. The maximum absolute atomic E-state index is 5.76. The highest BCUT2D eigenvalue weighted by atomic mass is 79.9. The number of thioether (sulfide) groups is 2. The minimum absolute atomic E-state index is 0.239. The second kappa shape index (κ2) is 6.30. The fraction of sp³-hybridized carbons (Fsp3) is 0.636. The number of thiophene rings is 1. The molecule has 1 aromatic rings. The summed E-state index contributed by atoms with van der Waals surface area (Å²) in [5.41, 5.74) is 4.28. The van der Waals surface area contributed by atoms with Crippen molar-refractivity contribution in [2.75, 3.05) is 5.75 Å². The molecule has 4 unspecified atom stereocenters. The standard InChI is InChI=1S/C11H17BrN2S3/c1-6-7(2)17-10(5-16-6)11(14-13)8-3-15-4-9(8)12/h3-4,6-7,10-11,14H,5,13H2,1-2H3. The number of halogens is 1. The normalized spacial score (nSPS) is 31.4. The topological polar surface area (TPSA) is 38.0 Å². The molecule has 0 bridgehead atoms. The number of rotatable bonds is 3. The summed E-state index contributed by atoms with van der Waals surface area (Å²) in [5.74, 6) is 6.92. The molecule has 4 atom stereocenters. The fourth-order valence-corrected chi connectivity index (χ4v) is 6.56. The molecule has 3 N–H and O–H groups in total. The van der Waals surface area contributed by atoms with Crippen LogP contribution in [0.25, 0.3) is 0 Å². The van der Waals surface area contributed by atoms with Crippen molar-refractivity contribution in [1.29, 1.82) is 0 Å². The Labute approximate surface area is 124 Å².